The number of nitrogens with one attached hydrogen (secondary N) is 1. The number of benzene rings is 2. The predicted octanol–water partition coefficient (Wildman–Crippen LogP) is 4.10. The standard InChI is InChI=1S/C18H16N2O3S/c1-10-7-14-15(8-11(10)2)20-18(19-14)24-16(17(22)23)9-12-3-5-13(21)6-4-12/h3-9,21H,1-2H3,(H,19,20)(H,22,23). The summed E-state index contributed by atoms with van der Waals surface area (Å²) in [6, 6.07) is 10.3. The molecule has 24 heavy (non-hydrogen) atoms. The number of imidazole rings is 1. The highest BCUT2D eigenvalue weighted by Gasteiger charge is 2.13. The van der Waals surface area contributed by atoms with E-state index >= 15 is 0 Å². The number of aliphatic carboxylic acids is 1. The average Bonchev–Trinajstić information content (AvgIpc) is 2.90. The third-order valence-electron chi connectivity index (χ3n) is 3.68. The van der Waals surface area contributed by atoms with Gasteiger partial charge in [-0.2, -0.15) is 0 Å². The fourth-order valence-electron chi connectivity index (χ4n) is 2.26. The number of aromatic nitrogens is 2. The number of thioether (sulfide) groups is 1. The molecule has 0 saturated heterocycles. The molecule has 1 aromatic heterocycles. The Morgan fingerprint density at radius 1 is 1.17 bits per heavy atom. The normalized spacial score (nSPS) is 11.8. The summed E-state index contributed by atoms with van der Waals surface area (Å²) in [5.41, 5.74) is 4.69. The minimum Gasteiger partial charge on any atom is -0.508 e. The molecule has 6 heteroatoms. The highest BCUT2D eigenvalue weighted by atomic mass is 32.2. The van der Waals surface area contributed by atoms with Crippen molar-refractivity contribution in [2.24, 2.45) is 0 Å². The Hall–Kier alpha value is -2.73. The van der Waals surface area contributed by atoms with Crippen LogP contribution in [0.15, 0.2) is 46.5 Å². The van der Waals surface area contributed by atoms with Crippen LogP contribution in [0.4, 0.5) is 0 Å². The maximum absolute atomic E-state index is 11.5. The van der Waals surface area contributed by atoms with E-state index in [-0.39, 0.29) is 10.7 Å². The highest BCUT2D eigenvalue weighted by Crippen LogP contribution is 2.29. The molecule has 0 aliphatic rings. The van der Waals surface area contributed by atoms with Crippen molar-refractivity contribution in [3.63, 3.8) is 0 Å². The lowest BCUT2D eigenvalue weighted by Gasteiger charge is -2.00. The minimum atomic E-state index is -1.03. The first-order chi connectivity index (χ1) is 11.4. The van der Waals surface area contributed by atoms with Crippen molar-refractivity contribution in [1.29, 1.82) is 0 Å². The third kappa shape index (κ3) is 3.44. The fraction of sp³-hybridized carbons (Fsp3) is 0.111. The van der Waals surface area contributed by atoms with Crippen molar-refractivity contribution in [3.8, 4) is 5.75 Å². The second-order valence-corrected chi connectivity index (χ2v) is 6.53. The molecule has 0 unspecified atom stereocenters. The van der Waals surface area contributed by atoms with Gasteiger partial charge in [0.1, 0.15) is 10.7 Å². The Bertz CT molecular complexity index is 904. The number of phenols is 1. The van der Waals surface area contributed by atoms with Crippen molar-refractivity contribution in [2.75, 3.05) is 0 Å². The van der Waals surface area contributed by atoms with Crippen LogP contribution in [0.1, 0.15) is 16.7 Å². The van der Waals surface area contributed by atoms with Gasteiger partial charge in [0.2, 0.25) is 0 Å². The topological polar surface area (TPSA) is 86.2 Å². The van der Waals surface area contributed by atoms with Gasteiger partial charge in [-0.15, -0.1) is 0 Å². The van der Waals surface area contributed by atoms with Gasteiger partial charge >= 0.3 is 5.97 Å². The molecule has 1 heterocycles. The summed E-state index contributed by atoms with van der Waals surface area (Å²) in [5, 5.41) is 19.3. The number of carboxylic acids is 1. The van der Waals surface area contributed by atoms with Crippen LogP contribution in [0.5, 0.6) is 5.75 Å². The average molecular weight is 340 g/mol. The van der Waals surface area contributed by atoms with Crippen LogP contribution in [0, 0.1) is 13.8 Å². The number of carbonyl (C=O) groups is 1. The maximum Gasteiger partial charge on any atom is 0.342 e. The molecular weight excluding hydrogens is 324 g/mol. The number of nitrogens with zero attached hydrogens (tertiary/aromatic N) is 1. The van der Waals surface area contributed by atoms with Gasteiger partial charge in [0.05, 0.1) is 11.0 Å². The molecule has 0 fully saturated rings. The van der Waals surface area contributed by atoms with Gasteiger partial charge in [-0.25, -0.2) is 9.78 Å². The SMILES string of the molecule is Cc1cc2nc(SC(=Cc3ccc(O)cc3)C(=O)O)[nH]c2cc1C. The molecule has 0 bridgehead atoms. The smallest absolute Gasteiger partial charge is 0.342 e. The van der Waals surface area contributed by atoms with Crippen molar-refractivity contribution >= 4 is 34.8 Å². The molecule has 0 saturated carbocycles. The first-order valence-electron chi connectivity index (χ1n) is 7.31. The quantitative estimate of drug-likeness (QED) is 0.492. The first-order valence-corrected chi connectivity index (χ1v) is 8.13. The van der Waals surface area contributed by atoms with Gasteiger partial charge in [-0.1, -0.05) is 12.1 Å². The predicted molar refractivity (Wildman–Crippen MR) is 95.1 cm³/mol. The van der Waals surface area contributed by atoms with Crippen LogP contribution >= 0.6 is 11.8 Å². The summed E-state index contributed by atoms with van der Waals surface area (Å²) in [7, 11) is 0. The number of H-pyrrole nitrogens is 1. The van der Waals surface area contributed by atoms with Gasteiger partial charge in [0.25, 0.3) is 0 Å². The van der Waals surface area contributed by atoms with Gasteiger partial charge in [0.15, 0.2) is 5.16 Å². The molecule has 0 aliphatic heterocycles. The lowest BCUT2D eigenvalue weighted by atomic mass is 10.1. The van der Waals surface area contributed by atoms with E-state index in [1.54, 1.807) is 18.2 Å². The third-order valence-corrected chi connectivity index (χ3v) is 4.58. The van der Waals surface area contributed by atoms with Crippen LogP contribution in [0.25, 0.3) is 17.1 Å². The van der Waals surface area contributed by atoms with E-state index < -0.39 is 5.97 Å². The molecule has 0 radical (unpaired) electrons. The van der Waals surface area contributed by atoms with Crippen LogP contribution in [0.2, 0.25) is 0 Å². The Balaban J connectivity index is 1.93. The second-order valence-electron chi connectivity index (χ2n) is 5.50. The number of carboxylic acid groups (broad SMARTS) is 1. The highest BCUT2D eigenvalue weighted by molar-refractivity contribution is 8.04. The van der Waals surface area contributed by atoms with Crippen LogP contribution in [-0.2, 0) is 4.79 Å². The van der Waals surface area contributed by atoms with Crippen LogP contribution in [0.3, 0.4) is 0 Å². The van der Waals surface area contributed by atoms with E-state index in [1.807, 2.05) is 26.0 Å². The zero-order chi connectivity index (χ0) is 17.3. The Kier molecular flexibility index (Phi) is 4.31. The molecule has 0 amide bonds. The Morgan fingerprint density at radius 2 is 1.83 bits per heavy atom. The number of aromatic amines is 1. The molecule has 0 aliphatic carbocycles. The van der Waals surface area contributed by atoms with E-state index in [9.17, 15) is 15.0 Å². The van der Waals surface area contributed by atoms with Crippen molar-refractivity contribution in [3.05, 3.63) is 58.0 Å². The van der Waals surface area contributed by atoms with Gasteiger partial charge < -0.3 is 15.2 Å². The summed E-state index contributed by atoms with van der Waals surface area (Å²) in [6.45, 7) is 4.04. The van der Waals surface area contributed by atoms with E-state index in [4.69, 9.17) is 0 Å². The Labute approximate surface area is 143 Å². The summed E-state index contributed by atoms with van der Waals surface area (Å²) in [6.07, 6.45) is 1.55. The van der Waals surface area contributed by atoms with Gasteiger partial charge in [-0.05, 0) is 72.6 Å². The maximum atomic E-state index is 11.5. The monoisotopic (exact) mass is 340 g/mol. The number of hydrogen-bond acceptors (Lipinski definition) is 4. The van der Waals surface area contributed by atoms with E-state index in [0.29, 0.717) is 10.7 Å². The summed E-state index contributed by atoms with van der Waals surface area (Å²) in [4.78, 5) is 19.3. The number of aromatic hydroxyl groups is 1. The number of hydrogen-bond donors (Lipinski definition) is 3. The van der Waals surface area contributed by atoms with E-state index in [1.165, 1.54) is 12.1 Å². The summed E-state index contributed by atoms with van der Waals surface area (Å²) in [5.74, 6) is -0.888. The van der Waals surface area contributed by atoms with E-state index in [0.717, 1.165) is 33.9 Å². The lowest BCUT2D eigenvalue weighted by molar-refractivity contribution is -0.131. The van der Waals surface area contributed by atoms with Crippen molar-refractivity contribution < 1.29 is 15.0 Å². The van der Waals surface area contributed by atoms with Crippen molar-refractivity contribution in [2.45, 2.75) is 19.0 Å². The summed E-state index contributed by atoms with van der Waals surface area (Å²) < 4.78 is 0. The van der Waals surface area contributed by atoms with Crippen LogP contribution in [-0.4, -0.2) is 26.2 Å². The lowest BCUT2D eigenvalue weighted by Crippen LogP contribution is -1.97. The van der Waals surface area contributed by atoms with Crippen molar-refractivity contribution in [1.82, 2.24) is 9.97 Å². The first kappa shape index (κ1) is 16.1. The second kappa shape index (κ2) is 6.41. The zero-order valence-corrected chi connectivity index (χ0v) is 14.0. The zero-order valence-electron chi connectivity index (χ0n) is 13.2. The number of fused-ring (bicyclic) bond motifs is 1. The van der Waals surface area contributed by atoms with Crippen LogP contribution < -0.4 is 0 Å². The molecular formula is C18H16N2O3S. The van der Waals surface area contributed by atoms with E-state index in [2.05, 4.69) is 9.97 Å². The molecule has 0 atom stereocenters. The number of phenolic OH excluding ortho intramolecular Hbond substituents is 1. The summed E-state index contributed by atoms with van der Waals surface area (Å²) >= 11 is 1.07. The molecule has 3 N–H and O–H groups in total. The molecule has 3 aromatic rings. The fourth-order valence-corrected chi connectivity index (χ4v) is 3.05. The molecule has 5 nitrogen and oxygen atoms in total. The van der Waals surface area contributed by atoms with Gasteiger partial charge in [-0.3, -0.25) is 0 Å². The molecule has 3 rings (SSSR count). The molecule has 122 valence electrons. The minimum absolute atomic E-state index is 0.139. The number of aryl methyl sites for hydroxylation is 2. The molecule has 2 aromatic carbocycles. The molecule has 0 spiro atoms. The van der Waals surface area contributed by atoms with Gasteiger partial charge in [0, 0.05) is 0 Å². The largest absolute Gasteiger partial charge is 0.508 e. The number of rotatable bonds is 4. The Morgan fingerprint density at radius 3 is 2.50 bits per heavy atom.